The molecular formula is C25H25ClFN5O3. The lowest BCUT2D eigenvalue weighted by molar-refractivity contribution is -0.116. The quantitative estimate of drug-likeness (QED) is 0.479. The number of fused-ring (bicyclic) bond motifs is 1. The van der Waals surface area contributed by atoms with E-state index in [1.807, 2.05) is 0 Å². The van der Waals surface area contributed by atoms with E-state index in [0.29, 0.717) is 28.0 Å². The van der Waals surface area contributed by atoms with Crippen molar-refractivity contribution in [3.8, 4) is 5.75 Å². The van der Waals surface area contributed by atoms with Gasteiger partial charge in [-0.25, -0.2) is 14.4 Å². The summed E-state index contributed by atoms with van der Waals surface area (Å²) >= 11 is 5.96. The standard InChI is InChI=1S/C25H25ClFN5O3/c1-16(33)32(17-6-7-20(27)19(26)12-17)25-18-13-22(23(35-2)14-21(18)28-15-29-25)30-24(34)8-11-31-9-4-3-5-10-31/h6-8,11-15H,3-5,9-10H2,1-2H3,(H,30,34). The summed E-state index contributed by atoms with van der Waals surface area (Å²) in [6, 6.07) is 7.27. The van der Waals surface area contributed by atoms with Crippen LogP contribution >= 0.6 is 11.6 Å². The summed E-state index contributed by atoms with van der Waals surface area (Å²) in [6.45, 7) is 3.22. The summed E-state index contributed by atoms with van der Waals surface area (Å²) < 4.78 is 19.2. The average molecular weight is 498 g/mol. The second-order valence-electron chi connectivity index (χ2n) is 8.12. The molecule has 0 atom stereocenters. The summed E-state index contributed by atoms with van der Waals surface area (Å²) in [4.78, 5) is 37.3. The van der Waals surface area contributed by atoms with Crippen molar-refractivity contribution in [1.29, 1.82) is 0 Å². The molecule has 3 aromatic rings. The number of aromatic nitrogens is 2. The van der Waals surface area contributed by atoms with Gasteiger partial charge in [0.2, 0.25) is 11.8 Å². The van der Waals surface area contributed by atoms with E-state index in [1.165, 1.54) is 56.0 Å². The molecule has 4 rings (SSSR count). The van der Waals surface area contributed by atoms with Crippen molar-refractivity contribution in [3.63, 3.8) is 0 Å². The second kappa shape index (κ2) is 10.7. The van der Waals surface area contributed by atoms with Gasteiger partial charge < -0.3 is 15.0 Å². The number of likely N-dealkylation sites (tertiary alicyclic amines) is 1. The molecule has 35 heavy (non-hydrogen) atoms. The van der Waals surface area contributed by atoms with Crippen LogP contribution in [-0.4, -0.2) is 46.9 Å². The first-order valence-corrected chi connectivity index (χ1v) is 11.6. The van der Waals surface area contributed by atoms with Crippen LogP contribution < -0.4 is 15.0 Å². The predicted octanol–water partition coefficient (Wildman–Crippen LogP) is 5.05. The molecule has 1 saturated heterocycles. The van der Waals surface area contributed by atoms with E-state index in [4.69, 9.17) is 16.3 Å². The molecule has 0 aliphatic carbocycles. The number of halogens is 2. The zero-order valence-corrected chi connectivity index (χ0v) is 20.2. The van der Waals surface area contributed by atoms with Gasteiger partial charge >= 0.3 is 0 Å². The molecule has 10 heteroatoms. The van der Waals surface area contributed by atoms with Crippen molar-refractivity contribution >= 4 is 51.5 Å². The molecule has 0 radical (unpaired) electrons. The van der Waals surface area contributed by atoms with Gasteiger partial charge in [-0.1, -0.05) is 11.6 Å². The van der Waals surface area contributed by atoms with Crippen LogP contribution in [0.2, 0.25) is 5.02 Å². The van der Waals surface area contributed by atoms with Crippen molar-refractivity contribution in [2.45, 2.75) is 26.2 Å². The highest BCUT2D eigenvalue weighted by atomic mass is 35.5. The highest BCUT2D eigenvalue weighted by Gasteiger charge is 2.21. The summed E-state index contributed by atoms with van der Waals surface area (Å²) in [7, 11) is 1.49. The molecule has 0 saturated carbocycles. The number of ether oxygens (including phenoxy) is 1. The van der Waals surface area contributed by atoms with Crippen molar-refractivity contribution in [3.05, 3.63) is 59.8 Å². The predicted molar refractivity (Wildman–Crippen MR) is 134 cm³/mol. The summed E-state index contributed by atoms with van der Waals surface area (Å²) in [6.07, 6.45) is 8.03. The Bertz CT molecular complexity index is 1290. The van der Waals surface area contributed by atoms with Gasteiger partial charge in [-0.05, 0) is 43.5 Å². The van der Waals surface area contributed by atoms with Crippen LogP contribution in [0.1, 0.15) is 26.2 Å². The lowest BCUT2D eigenvalue weighted by atomic mass is 10.1. The average Bonchev–Trinajstić information content (AvgIpc) is 2.85. The molecule has 0 unspecified atom stereocenters. The normalized spacial score (nSPS) is 13.8. The van der Waals surface area contributed by atoms with E-state index in [9.17, 15) is 14.0 Å². The van der Waals surface area contributed by atoms with Gasteiger partial charge in [-0.3, -0.25) is 14.5 Å². The molecule has 1 N–H and O–H groups in total. The minimum atomic E-state index is -0.598. The molecule has 0 spiro atoms. The van der Waals surface area contributed by atoms with E-state index in [-0.39, 0.29) is 22.7 Å². The van der Waals surface area contributed by atoms with Crippen LogP contribution in [0.3, 0.4) is 0 Å². The van der Waals surface area contributed by atoms with Crippen LogP contribution in [0.5, 0.6) is 5.75 Å². The van der Waals surface area contributed by atoms with Gasteiger partial charge in [-0.2, -0.15) is 0 Å². The van der Waals surface area contributed by atoms with E-state index < -0.39 is 5.82 Å². The number of amides is 2. The maximum absolute atomic E-state index is 13.7. The van der Waals surface area contributed by atoms with E-state index in [1.54, 1.807) is 18.3 Å². The highest BCUT2D eigenvalue weighted by Crippen LogP contribution is 2.36. The molecule has 2 amide bonds. The molecule has 0 bridgehead atoms. The minimum Gasteiger partial charge on any atom is -0.494 e. The monoisotopic (exact) mass is 497 g/mol. The third-order valence-corrected chi connectivity index (χ3v) is 6.00. The molecule has 2 heterocycles. The molecule has 1 aliphatic rings. The van der Waals surface area contributed by atoms with Crippen LogP contribution in [0, 0.1) is 5.82 Å². The molecule has 182 valence electrons. The maximum atomic E-state index is 13.7. The number of nitrogens with zero attached hydrogens (tertiary/aromatic N) is 4. The second-order valence-corrected chi connectivity index (χ2v) is 8.53. The zero-order valence-electron chi connectivity index (χ0n) is 19.4. The fourth-order valence-electron chi connectivity index (χ4n) is 4.01. The van der Waals surface area contributed by atoms with Gasteiger partial charge in [-0.15, -0.1) is 0 Å². The first-order valence-electron chi connectivity index (χ1n) is 11.2. The number of rotatable bonds is 6. The number of nitrogens with one attached hydrogen (secondary N) is 1. The third-order valence-electron chi connectivity index (χ3n) is 5.71. The summed E-state index contributed by atoms with van der Waals surface area (Å²) in [5.74, 6) is -0.619. The summed E-state index contributed by atoms with van der Waals surface area (Å²) in [5.41, 5.74) is 1.23. The molecule has 1 aromatic heterocycles. The van der Waals surface area contributed by atoms with Gasteiger partial charge in [0.05, 0.1) is 29.0 Å². The number of benzene rings is 2. The van der Waals surface area contributed by atoms with E-state index in [0.717, 1.165) is 25.9 Å². The first-order chi connectivity index (χ1) is 16.9. The molecule has 1 fully saturated rings. The van der Waals surface area contributed by atoms with Crippen molar-refractivity contribution in [2.75, 3.05) is 30.4 Å². The fraction of sp³-hybridized carbons (Fsp3) is 0.280. The SMILES string of the molecule is COc1cc2ncnc(N(C(C)=O)c3ccc(F)c(Cl)c3)c2cc1NC(=O)C=CN1CCCCC1. The van der Waals surface area contributed by atoms with Crippen LogP contribution in [0.25, 0.3) is 10.9 Å². The largest absolute Gasteiger partial charge is 0.494 e. The van der Waals surface area contributed by atoms with E-state index >= 15 is 0 Å². The zero-order chi connectivity index (χ0) is 24.9. The number of carbonyl (C=O) groups is 2. The van der Waals surface area contributed by atoms with Crippen LogP contribution in [0.15, 0.2) is 48.9 Å². The Balaban J connectivity index is 1.72. The number of hydrogen-bond donors (Lipinski definition) is 1. The van der Waals surface area contributed by atoms with Crippen molar-refractivity contribution < 1.29 is 18.7 Å². The Hall–Kier alpha value is -3.72. The molecule has 1 aliphatic heterocycles. The number of piperidine rings is 1. The Morgan fingerprint density at radius 1 is 1.17 bits per heavy atom. The topological polar surface area (TPSA) is 87.7 Å². The van der Waals surface area contributed by atoms with Crippen LogP contribution in [-0.2, 0) is 9.59 Å². The van der Waals surface area contributed by atoms with Gasteiger partial charge in [0.25, 0.3) is 0 Å². The van der Waals surface area contributed by atoms with Crippen LogP contribution in [0.4, 0.5) is 21.6 Å². The number of anilines is 3. The van der Waals surface area contributed by atoms with Gasteiger partial charge in [0.15, 0.2) is 5.82 Å². The minimum absolute atomic E-state index is 0.123. The number of methoxy groups -OCH3 is 1. The third kappa shape index (κ3) is 5.51. The van der Waals surface area contributed by atoms with Gasteiger partial charge in [0.1, 0.15) is 17.9 Å². The van der Waals surface area contributed by atoms with Gasteiger partial charge in [0, 0.05) is 43.7 Å². The Morgan fingerprint density at radius 2 is 1.94 bits per heavy atom. The Labute approximate surface area is 207 Å². The van der Waals surface area contributed by atoms with Crippen molar-refractivity contribution in [2.24, 2.45) is 0 Å². The summed E-state index contributed by atoms with van der Waals surface area (Å²) in [5, 5.41) is 3.20. The highest BCUT2D eigenvalue weighted by molar-refractivity contribution is 6.31. The lowest BCUT2D eigenvalue weighted by Gasteiger charge is -2.24. The molecule has 8 nitrogen and oxygen atoms in total. The molecular weight excluding hydrogens is 473 g/mol. The first kappa shape index (κ1) is 24.4. The Kier molecular flexibility index (Phi) is 7.45. The maximum Gasteiger partial charge on any atom is 0.249 e. The number of carbonyl (C=O) groups excluding carboxylic acids is 2. The number of hydrogen-bond acceptors (Lipinski definition) is 6. The molecule has 2 aromatic carbocycles. The smallest absolute Gasteiger partial charge is 0.249 e. The lowest BCUT2D eigenvalue weighted by Crippen LogP contribution is -2.25. The van der Waals surface area contributed by atoms with Crippen molar-refractivity contribution in [1.82, 2.24) is 14.9 Å². The van der Waals surface area contributed by atoms with E-state index in [2.05, 4.69) is 20.2 Å². The fourth-order valence-corrected chi connectivity index (χ4v) is 4.18. The Morgan fingerprint density at radius 3 is 2.63 bits per heavy atom.